The molecule has 0 saturated heterocycles. The van der Waals surface area contributed by atoms with E-state index in [1.54, 1.807) is 6.08 Å². The summed E-state index contributed by atoms with van der Waals surface area (Å²) < 4.78 is 0. The summed E-state index contributed by atoms with van der Waals surface area (Å²) in [7, 11) is 0. The molecule has 144 valence electrons. The van der Waals surface area contributed by atoms with Gasteiger partial charge in [0.1, 0.15) is 5.78 Å². The van der Waals surface area contributed by atoms with Gasteiger partial charge in [-0.25, -0.2) is 0 Å². The first-order valence-electron chi connectivity index (χ1n) is 10.3. The van der Waals surface area contributed by atoms with Gasteiger partial charge in [-0.3, -0.25) is 14.4 Å². The Bertz CT molecular complexity index is 663. The maximum Gasteiger partial charge on any atom is 0.307 e. The Kier molecular flexibility index (Phi) is 4.91. The molecule has 1 N–H and O–H groups in total. The first-order chi connectivity index (χ1) is 12.3. The maximum absolute atomic E-state index is 13.2. The lowest BCUT2D eigenvalue weighted by Crippen LogP contribution is -2.55. The van der Waals surface area contributed by atoms with E-state index in [2.05, 4.69) is 6.92 Å². The Morgan fingerprint density at radius 2 is 1.81 bits per heavy atom. The number of aliphatic carboxylic acids is 1. The summed E-state index contributed by atoms with van der Waals surface area (Å²) in [5.41, 5.74) is 0.604. The van der Waals surface area contributed by atoms with Gasteiger partial charge in [-0.05, 0) is 60.8 Å². The van der Waals surface area contributed by atoms with E-state index in [9.17, 15) is 19.5 Å². The minimum absolute atomic E-state index is 0.0174. The third-order valence-electron chi connectivity index (χ3n) is 7.95. The van der Waals surface area contributed by atoms with E-state index in [0.29, 0.717) is 25.2 Å². The van der Waals surface area contributed by atoms with Crippen LogP contribution in [0.25, 0.3) is 0 Å². The molecule has 4 heteroatoms. The average Bonchev–Trinajstić information content (AvgIpc) is 2.93. The zero-order chi connectivity index (χ0) is 19.3. The molecule has 0 aromatic carbocycles. The van der Waals surface area contributed by atoms with Crippen LogP contribution in [0.3, 0.4) is 0 Å². The molecular weight excluding hydrogens is 328 g/mol. The average molecular weight is 360 g/mol. The van der Waals surface area contributed by atoms with Crippen molar-refractivity contribution in [1.29, 1.82) is 0 Å². The largest absolute Gasteiger partial charge is 0.481 e. The molecule has 0 radical (unpaired) electrons. The lowest BCUT2D eigenvalue weighted by molar-refractivity contribution is -0.155. The molecular formula is C22H32O4. The monoisotopic (exact) mass is 360 g/mol. The molecule has 3 fully saturated rings. The minimum atomic E-state index is -0.739. The normalized spacial score (nSPS) is 44.1. The second-order valence-electron chi connectivity index (χ2n) is 8.96. The Labute approximate surface area is 156 Å². The summed E-state index contributed by atoms with van der Waals surface area (Å²) in [6.07, 6.45) is 6.95. The SMILES string of the molecule is CC.CC12CCC(=O)C=C1CCC1C2C(=O)CC2(C)C(C(=O)O)CCC12. The number of carbonyl (C=O) groups excluding carboxylic acids is 2. The maximum atomic E-state index is 13.2. The molecule has 4 aliphatic rings. The summed E-state index contributed by atoms with van der Waals surface area (Å²) in [5, 5.41) is 9.61. The Hall–Kier alpha value is -1.45. The van der Waals surface area contributed by atoms with Gasteiger partial charge in [0.25, 0.3) is 0 Å². The zero-order valence-electron chi connectivity index (χ0n) is 16.5. The van der Waals surface area contributed by atoms with Crippen molar-refractivity contribution in [3.05, 3.63) is 11.6 Å². The number of Topliss-reactive ketones (excluding diaryl/α,β-unsaturated/α-hetero) is 1. The Morgan fingerprint density at radius 1 is 1.12 bits per heavy atom. The highest BCUT2D eigenvalue weighted by Crippen LogP contribution is 2.65. The van der Waals surface area contributed by atoms with Crippen molar-refractivity contribution in [1.82, 2.24) is 0 Å². The second-order valence-corrected chi connectivity index (χ2v) is 8.96. The minimum Gasteiger partial charge on any atom is -0.481 e. The predicted octanol–water partition coefficient (Wildman–Crippen LogP) is 4.42. The van der Waals surface area contributed by atoms with Crippen LogP contribution in [-0.4, -0.2) is 22.6 Å². The van der Waals surface area contributed by atoms with Gasteiger partial charge in [-0.15, -0.1) is 0 Å². The van der Waals surface area contributed by atoms with Crippen LogP contribution in [0.5, 0.6) is 0 Å². The number of hydrogen-bond acceptors (Lipinski definition) is 3. The Morgan fingerprint density at radius 3 is 2.46 bits per heavy atom. The van der Waals surface area contributed by atoms with E-state index in [-0.39, 0.29) is 40.2 Å². The van der Waals surface area contributed by atoms with Gasteiger partial charge in [0.15, 0.2) is 5.78 Å². The van der Waals surface area contributed by atoms with Gasteiger partial charge in [0.2, 0.25) is 0 Å². The molecule has 0 spiro atoms. The number of rotatable bonds is 1. The molecule has 26 heavy (non-hydrogen) atoms. The number of carboxylic acids is 1. The fourth-order valence-electron chi connectivity index (χ4n) is 6.79. The third-order valence-corrected chi connectivity index (χ3v) is 7.95. The molecule has 4 aliphatic carbocycles. The zero-order valence-corrected chi connectivity index (χ0v) is 16.5. The van der Waals surface area contributed by atoms with Crippen LogP contribution in [0.4, 0.5) is 0 Å². The van der Waals surface area contributed by atoms with E-state index < -0.39 is 5.97 Å². The van der Waals surface area contributed by atoms with Gasteiger partial charge < -0.3 is 5.11 Å². The molecule has 3 saturated carbocycles. The molecule has 0 heterocycles. The number of allylic oxidation sites excluding steroid dienone is 1. The van der Waals surface area contributed by atoms with Crippen molar-refractivity contribution in [3.8, 4) is 0 Å². The Balaban J connectivity index is 0.000000948. The molecule has 4 nitrogen and oxygen atoms in total. The van der Waals surface area contributed by atoms with Gasteiger partial charge in [-0.1, -0.05) is 33.3 Å². The van der Waals surface area contributed by atoms with E-state index in [1.165, 1.54) is 5.57 Å². The van der Waals surface area contributed by atoms with Crippen LogP contribution in [0, 0.1) is 34.5 Å². The van der Waals surface area contributed by atoms with Crippen molar-refractivity contribution >= 4 is 17.5 Å². The summed E-state index contributed by atoms with van der Waals surface area (Å²) in [6.45, 7) is 8.21. The molecule has 6 unspecified atom stereocenters. The van der Waals surface area contributed by atoms with E-state index in [0.717, 1.165) is 25.7 Å². The number of hydrogen-bond donors (Lipinski definition) is 1. The van der Waals surface area contributed by atoms with E-state index in [1.807, 2.05) is 20.8 Å². The molecule has 4 rings (SSSR count). The standard InChI is InChI=1S/C20H26O4.C2H6/c1-19-8-7-12(21)9-11(19)3-4-13-14-5-6-15(18(23)24)20(14,2)10-16(22)17(13)19;1-2/h9,13-15,17H,3-8,10H2,1-2H3,(H,23,24);1-2H3. The van der Waals surface area contributed by atoms with Crippen molar-refractivity contribution in [2.75, 3.05) is 0 Å². The van der Waals surface area contributed by atoms with Crippen molar-refractivity contribution in [3.63, 3.8) is 0 Å². The highest BCUT2D eigenvalue weighted by atomic mass is 16.4. The molecule has 0 bridgehead atoms. The van der Waals surface area contributed by atoms with Crippen LogP contribution in [-0.2, 0) is 14.4 Å². The summed E-state index contributed by atoms with van der Waals surface area (Å²) in [6, 6.07) is 0. The third kappa shape index (κ3) is 2.59. The fourth-order valence-corrected chi connectivity index (χ4v) is 6.79. The molecule has 0 aromatic heterocycles. The lowest BCUT2D eigenvalue weighted by Gasteiger charge is -2.56. The van der Waals surface area contributed by atoms with Crippen LogP contribution < -0.4 is 0 Å². The van der Waals surface area contributed by atoms with E-state index in [4.69, 9.17) is 0 Å². The number of carboxylic acid groups (broad SMARTS) is 1. The second kappa shape index (κ2) is 6.61. The molecule has 6 atom stereocenters. The first-order valence-corrected chi connectivity index (χ1v) is 10.3. The van der Waals surface area contributed by atoms with Crippen LogP contribution in [0.1, 0.15) is 72.6 Å². The highest BCUT2D eigenvalue weighted by Gasteiger charge is 2.63. The van der Waals surface area contributed by atoms with Crippen LogP contribution in [0.2, 0.25) is 0 Å². The predicted molar refractivity (Wildman–Crippen MR) is 99.6 cm³/mol. The van der Waals surface area contributed by atoms with Gasteiger partial charge in [0, 0.05) is 18.8 Å². The first kappa shape index (κ1) is 19.3. The van der Waals surface area contributed by atoms with Crippen LogP contribution >= 0.6 is 0 Å². The fraction of sp³-hybridized carbons (Fsp3) is 0.773. The smallest absolute Gasteiger partial charge is 0.307 e. The van der Waals surface area contributed by atoms with Gasteiger partial charge in [0.05, 0.1) is 5.92 Å². The van der Waals surface area contributed by atoms with Crippen molar-refractivity contribution < 1.29 is 19.5 Å². The highest BCUT2D eigenvalue weighted by molar-refractivity contribution is 5.93. The molecule has 0 amide bonds. The van der Waals surface area contributed by atoms with Gasteiger partial charge in [-0.2, -0.15) is 0 Å². The number of ketones is 2. The molecule has 0 aromatic rings. The van der Waals surface area contributed by atoms with Crippen molar-refractivity contribution in [2.45, 2.75) is 72.6 Å². The number of carbonyl (C=O) groups is 3. The molecule has 0 aliphatic heterocycles. The van der Waals surface area contributed by atoms with Crippen LogP contribution in [0.15, 0.2) is 11.6 Å². The number of fused-ring (bicyclic) bond motifs is 5. The summed E-state index contributed by atoms with van der Waals surface area (Å²) >= 11 is 0. The lowest BCUT2D eigenvalue weighted by atomic mass is 9.46. The van der Waals surface area contributed by atoms with Crippen molar-refractivity contribution in [2.24, 2.45) is 34.5 Å². The van der Waals surface area contributed by atoms with E-state index >= 15 is 0 Å². The topological polar surface area (TPSA) is 71.4 Å². The quantitative estimate of drug-likeness (QED) is 0.751. The van der Waals surface area contributed by atoms with Gasteiger partial charge >= 0.3 is 5.97 Å². The summed E-state index contributed by atoms with van der Waals surface area (Å²) in [5.74, 6) is -0.0816. The summed E-state index contributed by atoms with van der Waals surface area (Å²) in [4.78, 5) is 36.7.